The molecule has 156 valence electrons. The third-order valence-corrected chi connectivity index (χ3v) is 4.74. The first-order valence-corrected chi connectivity index (χ1v) is 9.52. The van der Waals surface area contributed by atoms with Gasteiger partial charge in [0.2, 0.25) is 12.0 Å². The van der Waals surface area contributed by atoms with E-state index < -0.39 is 28.7 Å². The van der Waals surface area contributed by atoms with E-state index in [9.17, 15) is 19.7 Å². The van der Waals surface area contributed by atoms with Crippen LogP contribution in [0.5, 0.6) is 5.75 Å². The molecular weight excluding hydrogens is 400 g/mol. The van der Waals surface area contributed by atoms with Crippen LogP contribution in [0.25, 0.3) is 0 Å². The van der Waals surface area contributed by atoms with Gasteiger partial charge in [-0.05, 0) is 21.5 Å². The fourth-order valence-electron chi connectivity index (χ4n) is 3.22. The first kappa shape index (κ1) is 20.0. The highest BCUT2D eigenvalue weighted by atomic mass is 16.6. The summed E-state index contributed by atoms with van der Waals surface area (Å²) in [6, 6.07) is 20.7. The number of pyridine rings is 1. The van der Waals surface area contributed by atoms with E-state index in [0.29, 0.717) is 5.56 Å². The number of ether oxygens (including phenoxy) is 1. The lowest BCUT2D eigenvalue weighted by atomic mass is 10.1. The average molecular weight is 418 g/mol. The summed E-state index contributed by atoms with van der Waals surface area (Å²) in [5.74, 6) is -1.26. The fourth-order valence-corrected chi connectivity index (χ4v) is 3.22. The van der Waals surface area contributed by atoms with Crippen LogP contribution >= 0.6 is 0 Å². The Balaban J connectivity index is 1.61. The number of nitrogens with zero attached hydrogens (tertiary/aromatic N) is 3. The zero-order chi connectivity index (χ0) is 21.8. The quantitative estimate of drug-likeness (QED) is 0.486. The van der Waals surface area contributed by atoms with E-state index in [1.165, 1.54) is 12.1 Å². The molecule has 31 heavy (non-hydrogen) atoms. The van der Waals surface area contributed by atoms with Gasteiger partial charge in [0, 0.05) is 18.2 Å². The lowest BCUT2D eigenvalue weighted by Crippen LogP contribution is -2.46. The summed E-state index contributed by atoms with van der Waals surface area (Å²) < 4.78 is 5.80. The molecule has 0 bridgehead atoms. The van der Waals surface area contributed by atoms with E-state index in [2.05, 4.69) is 10.3 Å². The van der Waals surface area contributed by atoms with E-state index in [0.717, 1.165) is 10.5 Å². The van der Waals surface area contributed by atoms with Crippen LogP contribution in [0.15, 0.2) is 72.8 Å². The molecule has 0 aliphatic carbocycles. The maximum absolute atomic E-state index is 13.2. The second-order valence-electron chi connectivity index (χ2n) is 6.84. The highest BCUT2D eigenvalue weighted by molar-refractivity contribution is 6.03. The van der Waals surface area contributed by atoms with Crippen LogP contribution in [-0.2, 0) is 16.1 Å². The number of rotatable bonds is 6. The Kier molecular flexibility index (Phi) is 5.57. The Bertz CT molecular complexity index is 1120. The molecule has 0 saturated carbocycles. The van der Waals surface area contributed by atoms with Crippen LogP contribution in [0.2, 0.25) is 0 Å². The number of hydrogen-bond donors (Lipinski definition) is 1. The summed E-state index contributed by atoms with van der Waals surface area (Å²) in [6.07, 6.45) is -0.987. The summed E-state index contributed by atoms with van der Waals surface area (Å²) in [6.45, 7) is -0.0604. The Labute approximate surface area is 177 Å². The van der Waals surface area contributed by atoms with Crippen LogP contribution < -0.4 is 15.0 Å². The molecule has 3 aromatic rings. The van der Waals surface area contributed by atoms with Gasteiger partial charge in [-0.3, -0.25) is 14.5 Å². The molecule has 1 unspecified atom stereocenters. The Morgan fingerprint density at radius 1 is 1.06 bits per heavy atom. The van der Waals surface area contributed by atoms with Crippen molar-refractivity contribution < 1.29 is 19.2 Å². The predicted molar refractivity (Wildman–Crippen MR) is 111 cm³/mol. The largest absolute Gasteiger partial charge is 0.469 e. The number of fused-ring (bicyclic) bond motifs is 1. The van der Waals surface area contributed by atoms with Gasteiger partial charge in [0.05, 0.1) is 0 Å². The van der Waals surface area contributed by atoms with Gasteiger partial charge in [0.25, 0.3) is 11.7 Å². The van der Waals surface area contributed by atoms with Gasteiger partial charge in [-0.1, -0.05) is 60.7 Å². The van der Waals surface area contributed by atoms with Gasteiger partial charge in [0.1, 0.15) is 6.54 Å². The molecule has 0 fully saturated rings. The molecule has 1 atom stereocenters. The molecule has 0 radical (unpaired) electrons. The lowest BCUT2D eigenvalue weighted by Gasteiger charge is -2.31. The second-order valence-corrected chi connectivity index (χ2v) is 6.84. The number of amides is 2. The fraction of sp³-hybridized carbons (Fsp3) is 0.136. The van der Waals surface area contributed by atoms with Gasteiger partial charge in [-0.25, -0.2) is 0 Å². The maximum atomic E-state index is 13.2. The van der Waals surface area contributed by atoms with Gasteiger partial charge < -0.3 is 20.2 Å². The van der Waals surface area contributed by atoms with Gasteiger partial charge in [0.15, 0.2) is 5.75 Å². The van der Waals surface area contributed by atoms with Crippen LogP contribution in [0.1, 0.15) is 17.2 Å². The zero-order valence-electron chi connectivity index (χ0n) is 16.3. The summed E-state index contributed by atoms with van der Waals surface area (Å²) in [4.78, 5) is 41.4. The molecule has 0 saturated heterocycles. The topological polar surface area (TPSA) is 115 Å². The minimum atomic E-state index is -0.987. The molecule has 1 aliphatic rings. The zero-order valence-corrected chi connectivity index (χ0v) is 16.3. The Morgan fingerprint density at radius 3 is 2.42 bits per heavy atom. The van der Waals surface area contributed by atoms with Crippen molar-refractivity contribution >= 4 is 23.5 Å². The standard InChI is InChI=1S/C22H18N4O5/c27-19(23-13-15-7-3-1-4-8-15)14-25-21-17(11-12-18(24-21)26(29)30)31-20(22(25)28)16-9-5-2-6-10-16/h1-12,20H,13-14H2,(H,23,27). The highest BCUT2D eigenvalue weighted by Crippen LogP contribution is 2.38. The Hall–Kier alpha value is -4.27. The van der Waals surface area contributed by atoms with Crippen LogP contribution in [0, 0.1) is 10.1 Å². The smallest absolute Gasteiger partial charge is 0.366 e. The summed E-state index contributed by atoms with van der Waals surface area (Å²) >= 11 is 0. The number of hydrogen-bond acceptors (Lipinski definition) is 6. The number of nitro groups is 1. The number of carbonyl (C=O) groups excluding carboxylic acids is 2. The first-order valence-electron chi connectivity index (χ1n) is 9.52. The number of anilines is 1. The second kappa shape index (κ2) is 8.62. The van der Waals surface area contributed by atoms with Crippen LogP contribution in [0.4, 0.5) is 11.6 Å². The average Bonchev–Trinajstić information content (AvgIpc) is 2.80. The summed E-state index contributed by atoms with van der Waals surface area (Å²) in [5.41, 5.74) is 1.51. The molecule has 2 amide bonds. The molecule has 2 heterocycles. The number of carbonyl (C=O) groups is 2. The van der Waals surface area contributed by atoms with Crippen molar-refractivity contribution in [3.63, 3.8) is 0 Å². The van der Waals surface area contributed by atoms with E-state index in [1.807, 2.05) is 36.4 Å². The van der Waals surface area contributed by atoms with Crippen LogP contribution in [0.3, 0.4) is 0 Å². The first-order chi connectivity index (χ1) is 15.0. The molecule has 1 aliphatic heterocycles. The van der Waals surface area contributed by atoms with E-state index in [-0.39, 0.29) is 24.7 Å². The lowest BCUT2D eigenvalue weighted by molar-refractivity contribution is -0.389. The van der Waals surface area contributed by atoms with E-state index in [4.69, 9.17) is 4.74 Å². The third kappa shape index (κ3) is 4.35. The number of benzene rings is 2. The molecule has 9 heteroatoms. The van der Waals surface area contributed by atoms with Gasteiger partial charge in [-0.15, -0.1) is 0 Å². The molecule has 1 N–H and O–H groups in total. The van der Waals surface area contributed by atoms with Crippen molar-refractivity contribution in [3.8, 4) is 5.75 Å². The third-order valence-electron chi connectivity index (χ3n) is 4.74. The maximum Gasteiger partial charge on any atom is 0.366 e. The van der Waals surface area contributed by atoms with Crippen molar-refractivity contribution in [3.05, 3.63) is 94.0 Å². The molecule has 0 spiro atoms. The minimum absolute atomic E-state index is 0.0544. The molecular formula is C22H18N4O5. The normalized spacial score (nSPS) is 15.0. The number of aromatic nitrogens is 1. The van der Waals surface area contributed by atoms with Crippen molar-refractivity contribution in [2.75, 3.05) is 11.4 Å². The molecule has 1 aromatic heterocycles. The molecule has 4 rings (SSSR count). The van der Waals surface area contributed by atoms with E-state index >= 15 is 0 Å². The van der Waals surface area contributed by atoms with E-state index in [1.54, 1.807) is 24.3 Å². The van der Waals surface area contributed by atoms with Gasteiger partial charge >= 0.3 is 5.82 Å². The predicted octanol–water partition coefficient (Wildman–Crippen LogP) is 2.77. The Morgan fingerprint density at radius 2 is 1.74 bits per heavy atom. The minimum Gasteiger partial charge on any atom is -0.469 e. The summed E-state index contributed by atoms with van der Waals surface area (Å²) in [5, 5.41) is 13.9. The van der Waals surface area contributed by atoms with Crippen molar-refractivity contribution in [2.24, 2.45) is 0 Å². The molecule has 2 aromatic carbocycles. The van der Waals surface area contributed by atoms with Gasteiger partial charge in [-0.2, -0.15) is 0 Å². The molecule has 9 nitrogen and oxygen atoms in total. The monoisotopic (exact) mass is 418 g/mol. The van der Waals surface area contributed by atoms with Crippen molar-refractivity contribution in [2.45, 2.75) is 12.6 Å². The highest BCUT2D eigenvalue weighted by Gasteiger charge is 2.40. The van der Waals surface area contributed by atoms with Crippen molar-refractivity contribution in [1.29, 1.82) is 0 Å². The SMILES string of the molecule is O=C(CN1C(=O)C(c2ccccc2)Oc2ccc([N+](=O)[O-])nc21)NCc1ccccc1. The van der Waals surface area contributed by atoms with Crippen molar-refractivity contribution in [1.82, 2.24) is 10.3 Å². The number of nitrogens with one attached hydrogen (secondary N) is 1. The van der Waals surface area contributed by atoms with Crippen LogP contribution in [-0.4, -0.2) is 28.3 Å². The summed E-state index contributed by atoms with van der Waals surface area (Å²) in [7, 11) is 0.